The highest BCUT2D eigenvalue weighted by Crippen LogP contribution is 2.33. The molecule has 0 unspecified atom stereocenters. The highest BCUT2D eigenvalue weighted by Gasteiger charge is 2.45. The fraction of sp³-hybridized carbons (Fsp3) is 0.923. The lowest BCUT2D eigenvalue weighted by atomic mass is 9.80. The molecule has 0 aromatic carbocycles. The van der Waals surface area contributed by atoms with Crippen molar-refractivity contribution in [2.45, 2.75) is 46.8 Å². The molecule has 3 heteroatoms. The number of methoxy groups -OCH3 is 1. The Bertz CT molecular complexity index is 252. The molecule has 0 radical (unpaired) electrons. The van der Waals surface area contributed by atoms with Gasteiger partial charge in [-0.1, -0.05) is 34.6 Å². The monoisotopic (exact) mass is 228 g/mol. The van der Waals surface area contributed by atoms with Crippen molar-refractivity contribution in [1.82, 2.24) is 0 Å². The van der Waals surface area contributed by atoms with E-state index >= 15 is 0 Å². The molecule has 0 bridgehead atoms. The minimum Gasteiger partial charge on any atom is -0.378 e. The molecule has 1 fully saturated rings. The number of Topliss-reactive ketones (excluding diaryl/α,β-unsaturated/α-hetero) is 1. The number of hydrogen-bond acceptors (Lipinski definition) is 3. The first-order valence-corrected chi connectivity index (χ1v) is 5.97. The minimum atomic E-state index is -0.323. The molecule has 16 heavy (non-hydrogen) atoms. The van der Waals surface area contributed by atoms with Gasteiger partial charge in [0.1, 0.15) is 5.78 Å². The molecule has 1 heterocycles. The van der Waals surface area contributed by atoms with Crippen LogP contribution in [-0.4, -0.2) is 31.7 Å². The van der Waals surface area contributed by atoms with Crippen LogP contribution in [0.4, 0.5) is 0 Å². The second-order valence-corrected chi connectivity index (χ2v) is 5.96. The van der Waals surface area contributed by atoms with E-state index in [9.17, 15) is 4.79 Å². The van der Waals surface area contributed by atoms with Crippen LogP contribution in [0.1, 0.15) is 34.6 Å². The Morgan fingerprint density at radius 1 is 1.38 bits per heavy atom. The summed E-state index contributed by atoms with van der Waals surface area (Å²) < 4.78 is 11.2. The Balaban J connectivity index is 2.80. The van der Waals surface area contributed by atoms with Crippen molar-refractivity contribution in [3.63, 3.8) is 0 Å². The summed E-state index contributed by atoms with van der Waals surface area (Å²) in [4.78, 5) is 12.2. The molecule has 1 rings (SSSR count). The van der Waals surface area contributed by atoms with E-state index in [0.717, 1.165) is 0 Å². The van der Waals surface area contributed by atoms with Gasteiger partial charge in [-0.15, -0.1) is 0 Å². The molecule has 0 spiro atoms. The molecule has 0 N–H and O–H groups in total. The SMILES string of the molecule is CO[C@@H]1[C@@H](C(=O)C(C)(C)C)CO[C@@H]1C(C)C. The summed E-state index contributed by atoms with van der Waals surface area (Å²) in [6.07, 6.45) is -0.0481. The van der Waals surface area contributed by atoms with Crippen molar-refractivity contribution in [2.24, 2.45) is 17.3 Å². The number of rotatable bonds is 3. The van der Waals surface area contributed by atoms with Gasteiger partial charge in [0.05, 0.1) is 24.7 Å². The Labute approximate surface area is 98.5 Å². The van der Waals surface area contributed by atoms with Gasteiger partial charge in [0.2, 0.25) is 0 Å². The van der Waals surface area contributed by atoms with Crippen LogP contribution in [0.3, 0.4) is 0 Å². The molecule has 0 aliphatic carbocycles. The molecule has 1 aliphatic heterocycles. The summed E-state index contributed by atoms with van der Waals surface area (Å²) in [6.45, 7) is 10.5. The first kappa shape index (κ1) is 13.7. The Hall–Kier alpha value is -0.410. The van der Waals surface area contributed by atoms with Crippen LogP contribution >= 0.6 is 0 Å². The molecule has 3 atom stereocenters. The quantitative estimate of drug-likeness (QED) is 0.743. The third-order valence-corrected chi connectivity index (χ3v) is 3.19. The van der Waals surface area contributed by atoms with Crippen LogP contribution in [-0.2, 0) is 14.3 Å². The van der Waals surface area contributed by atoms with Gasteiger partial charge in [-0.3, -0.25) is 4.79 Å². The summed E-state index contributed by atoms with van der Waals surface area (Å²) >= 11 is 0. The number of carbonyl (C=O) groups excluding carboxylic acids is 1. The number of hydrogen-bond donors (Lipinski definition) is 0. The molecule has 94 valence electrons. The van der Waals surface area contributed by atoms with E-state index in [2.05, 4.69) is 13.8 Å². The smallest absolute Gasteiger partial charge is 0.146 e. The zero-order valence-corrected chi connectivity index (χ0v) is 11.2. The van der Waals surface area contributed by atoms with Gasteiger partial charge in [0.25, 0.3) is 0 Å². The van der Waals surface area contributed by atoms with Crippen LogP contribution < -0.4 is 0 Å². The predicted molar refractivity (Wildman–Crippen MR) is 63.3 cm³/mol. The summed E-state index contributed by atoms with van der Waals surface area (Å²) in [6, 6.07) is 0. The van der Waals surface area contributed by atoms with Crippen molar-refractivity contribution in [1.29, 1.82) is 0 Å². The van der Waals surface area contributed by atoms with Gasteiger partial charge in [0.15, 0.2) is 0 Å². The van der Waals surface area contributed by atoms with Crippen molar-refractivity contribution in [3.8, 4) is 0 Å². The highest BCUT2D eigenvalue weighted by atomic mass is 16.6. The molecular formula is C13H24O3. The second-order valence-electron chi connectivity index (χ2n) is 5.96. The molecule has 0 saturated carbocycles. The lowest BCUT2D eigenvalue weighted by Crippen LogP contribution is -2.40. The van der Waals surface area contributed by atoms with Gasteiger partial charge in [-0.2, -0.15) is 0 Å². The zero-order valence-electron chi connectivity index (χ0n) is 11.2. The lowest BCUT2D eigenvalue weighted by molar-refractivity contribution is -0.133. The normalized spacial score (nSPS) is 31.1. The van der Waals surface area contributed by atoms with Crippen molar-refractivity contribution >= 4 is 5.78 Å². The van der Waals surface area contributed by atoms with Crippen LogP contribution in [0, 0.1) is 17.3 Å². The maximum Gasteiger partial charge on any atom is 0.146 e. The Morgan fingerprint density at radius 2 is 1.94 bits per heavy atom. The van der Waals surface area contributed by atoms with Gasteiger partial charge < -0.3 is 9.47 Å². The van der Waals surface area contributed by atoms with Crippen LogP contribution in [0.5, 0.6) is 0 Å². The first-order chi connectivity index (χ1) is 7.29. The lowest BCUT2D eigenvalue weighted by Gasteiger charge is -2.27. The van der Waals surface area contributed by atoms with Gasteiger partial charge in [-0.05, 0) is 5.92 Å². The minimum absolute atomic E-state index is 0.0429. The zero-order chi connectivity index (χ0) is 12.5. The maximum atomic E-state index is 12.2. The average Bonchev–Trinajstić information content (AvgIpc) is 2.57. The van der Waals surface area contributed by atoms with Crippen LogP contribution in [0.2, 0.25) is 0 Å². The fourth-order valence-electron chi connectivity index (χ4n) is 2.28. The Kier molecular flexibility index (Phi) is 4.13. The van der Waals surface area contributed by atoms with Crippen molar-refractivity contribution < 1.29 is 14.3 Å². The molecule has 0 aromatic rings. The van der Waals surface area contributed by atoms with E-state index in [1.54, 1.807) is 7.11 Å². The van der Waals surface area contributed by atoms with Gasteiger partial charge in [0, 0.05) is 12.5 Å². The van der Waals surface area contributed by atoms with E-state index in [-0.39, 0.29) is 29.3 Å². The van der Waals surface area contributed by atoms with Gasteiger partial charge >= 0.3 is 0 Å². The molecule has 0 aromatic heterocycles. The van der Waals surface area contributed by atoms with E-state index in [4.69, 9.17) is 9.47 Å². The van der Waals surface area contributed by atoms with Crippen LogP contribution in [0.25, 0.3) is 0 Å². The third kappa shape index (κ3) is 2.64. The molecular weight excluding hydrogens is 204 g/mol. The van der Waals surface area contributed by atoms with E-state index < -0.39 is 0 Å². The number of carbonyl (C=O) groups is 1. The van der Waals surface area contributed by atoms with Crippen molar-refractivity contribution in [3.05, 3.63) is 0 Å². The standard InChI is InChI=1S/C13H24O3/c1-8(2)10-11(15-6)9(7-16-10)12(14)13(3,4)5/h8-11H,7H2,1-6H3/t9-,10+,11+/m0/s1. The van der Waals surface area contributed by atoms with E-state index in [0.29, 0.717) is 12.5 Å². The first-order valence-electron chi connectivity index (χ1n) is 5.97. The topological polar surface area (TPSA) is 35.5 Å². The molecule has 1 saturated heterocycles. The second kappa shape index (κ2) is 4.84. The van der Waals surface area contributed by atoms with Crippen LogP contribution in [0.15, 0.2) is 0 Å². The average molecular weight is 228 g/mol. The summed E-state index contributed by atoms with van der Waals surface area (Å²) in [5.74, 6) is 0.502. The molecule has 3 nitrogen and oxygen atoms in total. The third-order valence-electron chi connectivity index (χ3n) is 3.19. The summed E-state index contributed by atoms with van der Waals surface area (Å²) in [5.41, 5.74) is -0.323. The number of ketones is 1. The van der Waals surface area contributed by atoms with Gasteiger partial charge in [-0.25, -0.2) is 0 Å². The highest BCUT2D eigenvalue weighted by molar-refractivity contribution is 5.86. The Morgan fingerprint density at radius 3 is 2.31 bits per heavy atom. The summed E-state index contributed by atoms with van der Waals surface area (Å²) in [5, 5.41) is 0. The maximum absolute atomic E-state index is 12.2. The predicted octanol–water partition coefficient (Wildman–Crippen LogP) is 2.29. The number of ether oxygens (including phenoxy) is 2. The van der Waals surface area contributed by atoms with E-state index in [1.807, 2.05) is 20.8 Å². The fourth-order valence-corrected chi connectivity index (χ4v) is 2.28. The largest absolute Gasteiger partial charge is 0.378 e. The van der Waals surface area contributed by atoms with E-state index in [1.165, 1.54) is 0 Å². The molecule has 0 amide bonds. The van der Waals surface area contributed by atoms with Crippen molar-refractivity contribution in [2.75, 3.05) is 13.7 Å². The summed E-state index contributed by atoms with van der Waals surface area (Å²) in [7, 11) is 1.66. The molecule has 1 aliphatic rings.